The summed E-state index contributed by atoms with van der Waals surface area (Å²) in [4.78, 5) is 16.4. The van der Waals surface area contributed by atoms with Crippen LogP contribution in [-0.2, 0) is 4.79 Å². The quantitative estimate of drug-likeness (QED) is 0.220. The predicted octanol–water partition coefficient (Wildman–Crippen LogP) is 3.47. The second-order valence-electron chi connectivity index (χ2n) is 6.56. The Morgan fingerprint density at radius 2 is 1.81 bits per heavy atom. The molecular formula is C19H31IN4O2. The van der Waals surface area contributed by atoms with E-state index in [1.807, 2.05) is 6.92 Å². The first-order valence-corrected chi connectivity index (χ1v) is 9.24. The number of carbonyl (C=O) groups is 1. The molecule has 0 radical (unpaired) electrons. The number of nitrogens with zero attached hydrogens (tertiary/aromatic N) is 1. The molecule has 4 N–H and O–H groups in total. The lowest BCUT2D eigenvalue weighted by atomic mass is 9.84. The first-order chi connectivity index (χ1) is 12.1. The van der Waals surface area contributed by atoms with E-state index in [1.54, 1.807) is 12.1 Å². The molecule has 1 fully saturated rings. The Morgan fingerprint density at radius 1 is 1.15 bits per heavy atom. The summed E-state index contributed by atoms with van der Waals surface area (Å²) >= 11 is 0. The Balaban J connectivity index is 0.00000338. The van der Waals surface area contributed by atoms with E-state index in [0.29, 0.717) is 17.7 Å². The topological polar surface area (TPSA) is 85.8 Å². The Bertz CT molecular complexity index is 569. The minimum Gasteiger partial charge on any atom is -0.508 e. The molecule has 0 unspecified atom stereocenters. The van der Waals surface area contributed by atoms with Crippen molar-refractivity contribution in [2.75, 3.05) is 18.4 Å². The Kier molecular flexibility index (Phi) is 10.4. The van der Waals surface area contributed by atoms with Gasteiger partial charge in [-0.15, -0.1) is 24.0 Å². The lowest BCUT2D eigenvalue weighted by Crippen LogP contribution is -2.45. The van der Waals surface area contributed by atoms with Gasteiger partial charge < -0.3 is 21.1 Å². The van der Waals surface area contributed by atoms with Crippen molar-refractivity contribution < 1.29 is 9.90 Å². The summed E-state index contributed by atoms with van der Waals surface area (Å²) < 4.78 is 0. The van der Waals surface area contributed by atoms with Gasteiger partial charge in [-0.1, -0.05) is 13.3 Å². The molecule has 0 bridgehead atoms. The number of guanidine groups is 1. The third kappa shape index (κ3) is 7.80. The van der Waals surface area contributed by atoms with E-state index >= 15 is 0 Å². The maximum Gasteiger partial charge on any atom is 0.246 e. The highest BCUT2D eigenvalue weighted by atomic mass is 127. The molecule has 2 rings (SSSR count). The standard InChI is InChI=1S/C19H30N4O2.HI/c1-3-14-5-7-16(8-6-14)23-19(20-4-2)21-13-18(25)22-15-9-11-17(24)12-10-15;/h9-12,14,16,24H,3-8,13H2,1-2H3,(H,22,25)(H2,20,21,23);1H. The van der Waals surface area contributed by atoms with Crippen LogP contribution in [0.3, 0.4) is 0 Å². The van der Waals surface area contributed by atoms with Crippen LogP contribution in [0.5, 0.6) is 5.75 Å². The minimum absolute atomic E-state index is 0. The van der Waals surface area contributed by atoms with Gasteiger partial charge in [-0.05, 0) is 62.8 Å². The van der Waals surface area contributed by atoms with E-state index in [1.165, 1.54) is 31.4 Å². The van der Waals surface area contributed by atoms with Crippen LogP contribution < -0.4 is 16.0 Å². The molecule has 1 saturated carbocycles. The number of carbonyl (C=O) groups excluding carboxylic acids is 1. The number of rotatable bonds is 6. The third-order valence-electron chi connectivity index (χ3n) is 4.64. The van der Waals surface area contributed by atoms with Gasteiger partial charge in [-0.25, -0.2) is 4.99 Å². The third-order valence-corrected chi connectivity index (χ3v) is 4.64. The van der Waals surface area contributed by atoms with Crippen molar-refractivity contribution in [3.05, 3.63) is 24.3 Å². The number of phenols is 1. The molecule has 26 heavy (non-hydrogen) atoms. The van der Waals surface area contributed by atoms with E-state index < -0.39 is 0 Å². The number of halogens is 1. The van der Waals surface area contributed by atoms with Gasteiger partial charge in [0.25, 0.3) is 0 Å². The van der Waals surface area contributed by atoms with E-state index in [2.05, 4.69) is 27.9 Å². The van der Waals surface area contributed by atoms with Crippen molar-refractivity contribution in [2.45, 2.75) is 52.0 Å². The van der Waals surface area contributed by atoms with Gasteiger partial charge in [-0.3, -0.25) is 4.79 Å². The van der Waals surface area contributed by atoms with Crippen LogP contribution in [0.4, 0.5) is 5.69 Å². The molecular weight excluding hydrogens is 443 g/mol. The van der Waals surface area contributed by atoms with Gasteiger partial charge >= 0.3 is 0 Å². The Labute approximate surface area is 173 Å². The van der Waals surface area contributed by atoms with Crippen molar-refractivity contribution >= 4 is 41.5 Å². The van der Waals surface area contributed by atoms with Crippen LogP contribution >= 0.6 is 24.0 Å². The second kappa shape index (κ2) is 12.0. The molecule has 0 heterocycles. The maximum atomic E-state index is 12.0. The number of hydrogen-bond acceptors (Lipinski definition) is 3. The van der Waals surface area contributed by atoms with Crippen LogP contribution in [0.25, 0.3) is 0 Å². The average Bonchev–Trinajstić information content (AvgIpc) is 2.62. The first-order valence-electron chi connectivity index (χ1n) is 9.24. The van der Waals surface area contributed by atoms with Gasteiger partial charge in [0.15, 0.2) is 5.96 Å². The summed E-state index contributed by atoms with van der Waals surface area (Å²) in [7, 11) is 0. The molecule has 1 aliphatic carbocycles. The maximum absolute atomic E-state index is 12.0. The van der Waals surface area contributed by atoms with Crippen molar-refractivity contribution in [3.8, 4) is 5.75 Å². The van der Waals surface area contributed by atoms with Crippen LogP contribution in [0.2, 0.25) is 0 Å². The summed E-state index contributed by atoms with van der Waals surface area (Å²) in [5, 5.41) is 18.7. The van der Waals surface area contributed by atoms with E-state index in [0.717, 1.165) is 25.3 Å². The number of phenolic OH excluding ortho intramolecular Hbond substituents is 1. The summed E-state index contributed by atoms with van der Waals surface area (Å²) in [6, 6.07) is 6.83. The molecule has 7 heteroatoms. The highest BCUT2D eigenvalue weighted by molar-refractivity contribution is 14.0. The first kappa shape index (κ1) is 22.5. The van der Waals surface area contributed by atoms with Crippen LogP contribution in [-0.4, -0.2) is 36.1 Å². The second-order valence-corrected chi connectivity index (χ2v) is 6.56. The summed E-state index contributed by atoms with van der Waals surface area (Å²) in [5.41, 5.74) is 0.647. The number of hydrogen-bond donors (Lipinski definition) is 4. The number of amides is 1. The Morgan fingerprint density at radius 3 is 2.38 bits per heavy atom. The smallest absolute Gasteiger partial charge is 0.246 e. The van der Waals surface area contributed by atoms with Crippen molar-refractivity contribution in [1.29, 1.82) is 0 Å². The minimum atomic E-state index is -0.183. The van der Waals surface area contributed by atoms with Crippen molar-refractivity contribution in [1.82, 2.24) is 10.6 Å². The molecule has 0 saturated heterocycles. The number of aliphatic imine (C=N–C) groups is 1. The molecule has 1 amide bonds. The average molecular weight is 474 g/mol. The fourth-order valence-corrected chi connectivity index (χ4v) is 3.12. The van der Waals surface area contributed by atoms with Gasteiger partial charge in [0.2, 0.25) is 5.91 Å². The predicted molar refractivity (Wildman–Crippen MR) is 117 cm³/mol. The molecule has 0 atom stereocenters. The fourth-order valence-electron chi connectivity index (χ4n) is 3.12. The monoisotopic (exact) mass is 474 g/mol. The molecule has 0 aliphatic heterocycles. The highest BCUT2D eigenvalue weighted by Crippen LogP contribution is 2.26. The van der Waals surface area contributed by atoms with E-state index in [-0.39, 0.29) is 42.2 Å². The Hall–Kier alpha value is -1.51. The number of aromatic hydroxyl groups is 1. The zero-order valence-electron chi connectivity index (χ0n) is 15.6. The molecule has 1 aromatic carbocycles. The van der Waals surface area contributed by atoms with Crippen LogP contribution in [0.1, 0.15) is 46.0 Å². The zero-order chi connectivity index (χ0) is 18.1. The summed E-state index contributed by atoms with van der Waals surface area (Å²) in [5.74, 6) is 1.54. The molecule has 146 valence electrons. The molecule has 0 spiro atoms. The summed E-state index contributed by atoms with van der Waals surface area (Å²) in [6.45, 7) is 5.09. The molecule has 6 nitrogen and oxygen atoms in total. The molecule has 1 aromatic rings. The lowest BCUT2D eigenvalue weighted by Gasteiger charge is -2.29. The van der Waals surface area contributed by atoms with Gasteiger partial charge in [0.1, 0.15) is 12.3 Å². The van der Waals surface area contributed by atoms with Crippen molar-refractivity contribution in [2.24, 2.45) is 10.9 Å². The molecule has 1 aliphatic rings. The van der Waals surface area contributed by atoms with Gasteiger partial charge in [0.05, 0.1) is 0 Å². The SMILES string of the molecule is CCNC(=NCC(=O)Nc1ccc(O)cc1)NC1CCC(CC)CC1.I. The van der Waals surface area contributed by atoms with Crippen LogP contribution in [0, 0.1) is 5.92 Å². The van der Waals surface area contributed by atoms with Crippen LogP contribution in [0.15, 0.2) is 29.3 Å². The number of nitrogens with one attached hydrogen (secondary N) is 3. The summed E-state index contributed by atoms with van der Waals surface area (Å²) in [6.07, 6.45) is 6.09. The van der Waals surface area contributed by atoms with E-state index in [4.69, 9.17) is 0 Å². The molecule has 0 aromatic heterocycles. The lowest BCUT2D eigenvalue weighted by molar-refractivity contribution is -0.114. The zero-order valence-corrected chi connectivity index (χ0v) is 18.0. The van der Waals surface area contributed by atoms with Gasteiger partial charge in [-0.2, -0.15) is 0 Å². The van der Waals surface area contributed by atoms with Gasteiger partial charge in [0, 0.05) is 18.3 Å². The number of anilines is 1. The number of benzene rings is 1. The highest BCUT2D eigenvalue weighted by Gasteiger charge is 2.20. The largest absolute Gasteiger partial charge is 0.508 e. The normalized spacial score (nSPS) is 20.0. The fraction of sp³-hybridized carbons (Fsp3) is 0.579. The van der Waals surface area contributed by atoms with Crippen molar-refractivity contribution in [3.63, 3.8) is 0 Å². The van der Waals surface area contributed by atoms with E-state index in [9.17, 15) is 9.90 Å².